The van der Waals surface area contributed by atoms with Crippen LogP contribution in [0.5, 0.6) is 0 Å². The Bertz CT molecular complexity index is 617. The summed E-state index contributed by atoms with van der Waals surface area (Å²) in [5, 5.41) is 2.91. The Balaban J connectivity index is 1.70. The van der Waals surface area contributed by atoms with Crippen LogP contribution in [0.3, 0.4) is 0 Å². The normalized spacial score (nSPS) is 23.5. The minimum absolute atomic E-state index is 0.0154. The van der Waals surface area contributed by atoms with Gasteiger partial charge in [0.25, 0.3) is 5.91 Å². The van der Waals surface area contributed by atoms with E-state index in [1.54, 1.807) is 11.8 Å². The van der Waals surface area contributed by atoms with Gasteiger partial charge in [-0.1, -0.05) is 0 Å². The lowest BCUT2D eigenvalue weighted by molar-refractivity contribution is -0.126. The molecule has 2 aliphatic heterocycles. The number of anilines is 2. The zero-order valence-corrected chi connectivity index (χ0v) is 13.4. The zero-order chi connectivity index (χ0) is 16.4. The van der Waals surface area contributed by atoms with Gasteiger partial charge >= 0.3 is 0 Å². The first-order valence-corrected chi connectivity index (χ1v) is 8.16. The summed E-state index contributed by atoms with van der Waals surface area (Å²) in [6.45, 7) is 2.78. The Labute approximate surface area is 136 Å². The molecule has 6 nitrogen and oxygen atoms in total. The van der Waals surface area contributed by atoms with Gasteiger partial charge in [-0.3, -0.25) is 9.59 Å². The average molecular weight is 317 g/mol. The SMILES string of the molecule is CC(=O)N1CCCc2cc(NC(=O)[C@@H]3CC[C@H](CN)O3)ccc21. The molecule has 0 aliphatic carbocycles. The number of fused-ring (bicyclic) bond motifs is 1. The highest BCUT2D eigenvalue weighted by Crippen LogP contribution is 2.30. The van der Waals surface area contributed by atoms with Gasteiger partial charge in [0.1, 0.15) is 6.10 Å². The third-order valence-corrected chi connectivity index (χ3v) is 4.51. The summed E-state index contributed by atoms with van der Waals surface area (Å²) >= 11 is 0. The predicted octanol–water partition coefficient (Wildman–Crippen LogP) is 1.43. The van der Waals surface area contributed by atoms with Crippen molar-refractivity contribution in [3.63, 3.8) is 0 Å². The van der Waals surface area contributed by atoms with Crippen molar-refractivity contribution in [1.29, 1.82) is 0 Å². The number of carbonyl (C=O) groups is 2. The molecule has 1 saturated heterocycles. The average Bonchev–Trinajstić information content (AvgIpc) is 3.03. The number of ether oxygens (including phenoxy) is 1. The van der Waals surface area contributed by atoms with Crippen LogP contribution in [0.25, 0.3) is 0 Å². The van der Waals surface area contributed by atoms with E-state index in [2.05, 4.69) is 5.32 Å². The van der Waals surface area contributed by atoms with Crippen LogP contribution >= 0.6 is 0 Å². The van der Waals surface area contributed by atoms with Crippen molar-refractivity contribution in [3.05, 3.63) is 23.8 Å². The second-order valence-corrected chi connectivity index (χ2v) is 6.17. The molecule has 1 fully saturated rings. The predicted molar refractivity (Wildman–Crippen MR) is 88.4 cm³/mol. The van der Waals surface area contributed by atoms with Crippen molar-refractivity contribution >= 4 is 23.2 Å². The molecule has 0 bridgehead atoms. The minimum atomic E-state index is -0.423. The number of benzene rings is 1. The first-order chi connectivity index (χ1) is 11.1. The fourth-order valence-corrected chi connectivity index (χ4v) is 3.30. The smallest absolute Gasteiger partial charge is 0.253 e. The number of rotatable bonds is 3. The molecular formula is C17H23N3O3. The quantitative estimate of drug-likeness (QED) is 0.883. The van der Waals surface area contributed by atoms with E-state index < -0.39 is 6.10 Å². The van der Waals surface area contributed by atoms with Crippen molar-refractivity contribution in [2.24, 2.45) is 5.73 Å². The molecule has 3 N–H and O–H groups in total. The van der Waals surface area contributed by atoms with Gasteiger partial charge in [-0.2, -0.15) is 0 Å². The summed E-state index contributed by atoms with van der Waals surface area (Å²) in [6, 6.07) is 5.70. The van der Waals surface area contributed by atoms with Gasteiger partial charge in [0, 0.05) is 31.4 Å². The number of carbonyl (C=O) groups excluding carboxylic acids is 2. The molecule has 0 unspecified atom stereocenters. The Morgan fingerprint density at radius 2 is 2.22 bits per heavy atom. The van der Waals surface area contributed by atoms with Gasteiger partial charge in [-0.25, -0.2) is 0 Å². The summed E-state index contributed by atoms with van der Waals surface area (Å²) in [5.41, 5.74) is 8.36. The molecule has 1 aromatic carbocycles. The van der Waals surface area contributed by atoms with Crippen molar-refractivity contribution in [3.8, 4) is 0 Å². The maximum Gasteiger partial charge on any atom is 0.253 e. The summed E-state index contributed by atoms with van der Waals surface area (Å²) in [7, 11) is 0. The molecule has 2 amide bonds. The highest BCUT2D eigenvalue weighted by Gasteiger charge is 2.30. The van der Waals surface area contributed by atoms with Crippen LogP contribution in [0.1, 0.15) is 31.7 Å². The fourth-order valence-electron chi connectivity index (χ4n) is 3.30. The number of hydrogen-bond donors (Lipinski definition) is 2. The molecule has 2 heterocycles. The molecule has 1 aromatic rings. The van der Waals surface area contributed by atoms with E-state index in [-0.39, 0.29) is 17.9 Å². The largest absolute Gasteiger partial charge is 0.364 e. The molecule has 0 aromatic heterocycles. The first kappa shape index (κ1) is 16.0. The second kappa shape index (κ2) is 6.68. The summed E-state index contributed by atoms with van der Waals surface area (Å²) < 4.78 is 5.62. The Morgan fingerprint density at radius 1 is 1.39 bits per heavy atom. The standard InChI is InChI=1S/C17H23N3O3/c1-11(21)20-8-2-3-12-9-13(4-6-15(12)20)19-17(22)16-7-5-14(10-18)23-16/h4,6,9,14,16H,2-3,5,7-8,10,18H2,1H3,(H,19,22)/t14-,16+/m1/s1. The maximum absolute atomic E-state index is 12.3. The highest BCUT2D eigenvalue weighted by atomic mass is 16.5. The monoisotopic (exact) mass is 317 g/mol. The van der Waals surface area contributed by atoms with Crippen LogP contribution in [0, 0.1) is 0 Å². The number of amides is 2. The molecular weight excluding hydrogens is 294 g/mol. The van der Waals surface area contributed by atoms with Crippen LogP contribution in [-0.4, -0.2) is 37.1 Å². The Kier molecular flexibility index (Phi) is 4.63. The maximum atomic E-state index is 12.3. The van der Waals surface area contributed by atoms with Crippen molar-refractivity contribution < 1.29 is 14.3 Å². The Morgan fingerprint density at radius 3 is 2.91 bits per heavy atom. The minimum Gasteiger partial charge on any atom is -0.364 e. The second-order valence-electron chi connectivity index (χ2n) is 6.17. The molecule has 124 valence electrons. The highest BCUT2D eigenvalue weighted by molar-refractivity contribution is 5.96. The third kappa shape index (κ3) is 3.38. The number of nitrogens with two attached hydrogens (primary N) is 1. The molecule has 0 spiro atoms. The van der Waals surface area contributed by atoms with Gasteiger partial charge in [0.05, 0.1) is 6.10 Å². The lowest BCUT2D eigenvalue weighted by Gasteiger charge is -2.29. The van der Waals surface area contributed by atoms with Crippen molar-refractivity contribution in [1.82, 2.24) is 0 Å². The van der Waals surface area contributed by atoms with Crippen LogP contribution < -0.4 is 16.0 Å². The first-order valence-electron chi connectivity index (χ1n) is 8.16. The van der Waals surface area contributed by atoms with Gasteiger partial charge in [0.2, 0.25) is 5.91 Å². The van der Waals surface area contributed by atoms with Crippen molar-refractivity contribution in [2.45, 2.75) is 44.8 Å². The summed E-state index contributed by atoms with van der Waals surface area (Å²) in [5.74, 6) is -0.0740. The van der Waals surface area contributed by atoms with E-state index in [0.717, 1.165) is 42.7 Å². The molecule has 3 rings (SSSR count). The number of nitrogens with zero attached hydrogens (tertiary/aromatic N) is 1. The summed E-state index contributed by atoms with van der Waals surface area (Å²) in [6.07, 6.45) is 2.95. The lowest BCUT2D eigenvalue weighted by atomic mass is 10.0. The van der Waals surface area contributed by atoms with E-state index in [1.807, 2.05) is 18.2 Å². The number of hydrogen-bond acceptors (Lipinski definition) is 4. The molecule has 0 saturated carbocycles. The van der Waals surface area contributed by atoms with Gasteiger partial charge in [0.15, 0.2) is 0 Å². The molecule has 6 heteroatoms. The van der Waals surface area contributed by atoms with Gasteiger partial charge in [-0.05, 0) is 49.4 Å². The summed E-state index contributed by atoms with van der Waals surface area (Å²) in [4.78, 5) is 25.8. The third-order valence-electron chi connectivity index (χ3n) is 4.51. The topological polar surface area (TPSA) is 84.7 Å². The van der Waals surface area contributed by atoms with Crippen LogP contribution in [0.4, 0.5) is 11.4 Å². The molecule has 23 heavy (non-hydrogen) atoms. The number of nitrogens with one attached hydrogen (secondary N) is 1. The van der Waals surface area contributed by atoms with E-state index in [4.69, 9.17) is 10.5 Å². The molecule has 2 aliphatic rings. The van der Waals surface area contributed by atoms with Gasteiger partial charge < -0.3 is 20.7 Å². The van der Waals surface area contributed by atoms with E-state index in [0.29, 0.717) is 13.0 Å². The van der Waals surface area contributed by atoms with Crippen LogP contribution in [0.2, 0.25) is 0 Å². The fraction of sp³-hybridized carbons (Fsp3) is 0.529. The molecule has 0 radical (unpaired) electrons. The van der Waals surface area contributed by atoms with E-state index >= 15 is 0 Å². The Hall–Kier alpha value is -1.92. The zero-order valence-electron chi connectivity index (χ0n) is 13.4. The van der Waals surface area contributed by atoms with Crippen molar-refractivity contribution in [2.75, 3.05) is 23.3 Å². The van der Waals surface area contributed by atoms with E-state index in [9.17, 15) is 9.59 Å². The van der Waals surface area contributed by atoms with E-state index in [1.165, 1.54) is 0 Å². The van der Waals surface area contributed by atoms with Crippen LogP contribution in [-0.2, 0) is 20.7 Å². The van der Waals surface area contributed by atoms with Crippen LogP contribution in [0.15, 0.2) is 18.2 Å². The molecule has 2 atom stereocenters. The lowest BCUT2D eigenvalue weighted by Crippen LogP contribution is -2.33. The van der Waals surface area contributed by atoms with Gasteiger partial charge in [-0.15, -0.1) is 0 Å². The number of aryl methyl sites for hydroxylation is 1.